The van der Waals surface area contributed by atoms with Crippen LogP contribution in [-0.4, -0.2) is 12.4 Å². The first-order valence-electron chi connectivity index (χ1n) is 7.46. The molecule has 19 heavy (non-hydrogen) atoms. The Balaban J connectivity index is 1.64. The summed E-state index contributed by atoms with van der Waals surface area (Å²) < 4.78 is 5.61. The molecule has 2 heteroatoms. The number of ketones is 1. The Kier molecular flexibility index (Phi) is 5.44. The van der Waals surface area contributed by atoms with Gasteiger partial charge in [-0.3, -0.25) is 4.79 Å². The van der Waals surface area contributed by atoms with Crippen LogP contribution in [0.2, 0.25) is 0 Å². The molecule has 2 nitrogen and oxygen atoms in total. The first kappa shape index (κ1) is 14.1. The number of hydrogen-bond acceptors (Lipinski definition) is 2. The summed E-state index contributed by atoms with van der Waals surface area (Å²) in [6, 6.07) is 9.80. The molecule has 1 aliphatic rings. The van der Waals surface area contributed by atoms with E-state index < -0.39 is 0 Å². The second-order valence-electron chi connectivity index (χ2n) is 5.70. The molecule has 1 saturated carbocycles. The molecule has 1 aliphatic carbocycles. The van der Waals surface area contributed by atoms with Crippen molar-refractivity contribution in [3.05, 3.63) is 30.3 Å². The highest BCUT2D eigenvalue weighted by Gasteiger charge is 2.24. The molecule has 104 valence electrons. The minimum absolute atomic E-state index is 0.320. The van der Waals surface area contributed by atoms with Crippen LogP contribution in [0.3, 0.4) is 0 Å². The third-order valence-electron chi connectivity index (χ3n) is 3.97. The van der Waals surface area contributed by atoms with Crippen molar-refractivity contribution in [2.75, 3.05) is 6.61 Å². The number of ether oxygens (including phenoxy) is 1. The number of benzene rings is 1. The number of rotatable bonds is 6. The van der Waals surface area contributed by atoms with Gasteiger partial charge in [-0.05, 0) is 37.3 Å². The molecule has 0 heterocycles. The molecule has 1 fully saturated rings. The van der Waals surface area contributed by atoms with E-state index in [1.807, 2.05) is 30.3 Å². The molecule has 2 unspecified atom stereocenters. The minimum atomic E-state index is 0.320. The summed E-state index contributed by atoms with van der Waals surface area (Å²) in [6.07, 6.45) is 6.21. The van der Waals surface area contributed by atoms with Gasteiger partial charge in [-0.1, -0.05) is 38.0 Å². The van der Waals surface area contributed by atoms with E-state index in [0.717, 1.165) is 30.9 Å². The number of hydrogen-bond donors (Lipinski definition) is 0. The first-order chi connectivity index (χ1) is 9.25. The van der Waals surface area contributed by atoms with E-state index >= 15 is 0 Å². The fourth-order valence-corrected chi connectivity index (χ4v) is 2.88. The van der Waals surface area contributed by atoms with Gasteiger partial charge in [0.05, 0.1) is 6.61 Å². The van der Waals surface area contributed by atoms with Gasteiger partial charge in [-0.25, -0.2) is 0 Å². The van der Waals surface area contributed by atoms with Gasteiger partial charge in [0.15, 0.2) is 0 Å². The molecule has 0 radical (unpaired) electrons. The van der Waals surface area contributed by atoms with Crippen molar-refractivity contribution in [1.29, 1.82) is 0 Å². The lowest BCUT2D eigenvalue weighted by Crippen LogP contribution is -2.22. The smallest absolute Gasteiger partial charge is 0.136 e. The van der Waals surface area contributed by atoms with Crippen LogP contribution in [-0.2, 0) is 4.79 Å². The van der Waals surface area contributed by atoms with Crippen molar-refractivity contribution in [3.8, 4) is 5.75 Å². The zero-order valence-electron chi connectivity index (χ0n) is 11.8. The van der Waals surface area contributed by atoms with Gasteiger partial charge < -0.3 is 4.74 Å². The Morgan fingerprint density at radius 1 is 1.26 bits per heavy atom. The van der Waals surface area contributed by atoms with Crippen LogP contribution in [0, 0.1) is 11.8 Å². The second-order valence-corrected chi connectivity index (χ2v) is 5.70. The third kappa shape index (κ3) is 4.70. The molecule has 0 aromatic heterocycles. The largest absolute Gasteiger partial charge is 0.494 e. The summed E-state index contributed by atoms with van der Waals surface area (Å²) in [6.45, 7) is 2.90. The average molecular weight is 260 g/mol. The molecule has 2 rings (SSSR count). The SMILES string of the molecule is CC1CCCC(C(=O)CCCOc2ccccc2)C1. The van der Waals surface area contributed by atoms with E-state index in [0.29, 0.717) is 24.7 Å². The van der Waals surface area contributed by atoms with Crippen molar-refractivity contribution in [1.82, 2.24) is 0 Å². The third-order valence-corrected chi connectivity index (χ3v) is 3.97. The number of carbonyl (C=O) groups is 1. The minimum Gasteiger partial charge on any atom is -0.494 e. The molecular weight excluding hydrogens is 236 g/mol. The summed E-state index contributed by atoms with van der Waals surface area (Å²) in [4.78, 5) is 12.1. The van der Waals surface area contributed by atoms with Gasteiger partial charge in [-0.15, -0.1) is 0 Å². The predicted octanol–water partition coefficient (Wildman–Crippen LogP) is 4.24. The van der Waals surface area contributed by atoms with Gasteiger partial charge in [0.1, 0.15) is 11.5 Å². The maximum Gasteiger partial charge on any atom is 0.136 e. The van der Waals surface area contributed by atoms with E-state index in [-0.39, 0.29) is 0 Å². The zero-order chi connectivity index (χ0) is 13.5. The fourth-order valence-electron chi connectivity index (χ4n) is 2.88. The maximum absolute atomic E-state index is 12.1. The van der Waals surface area contributed by atoms with Crippen LogP contribution < -0.4 is 4.74 Å². The number of carbonyl (C=O) groups excluding carboxylic acids is 1. The highest BCUT2D eigenvalue weighted by atomic mass is 16.5. The summed E-state index contributed by atoms with van der Waals surface area (Å²) in [5, 5.41) is 0. The molecule has 0 aliphatic heterocycles. The topological polar surface area (TPSA) is 26.3 Å². The van der Waals surface area contributed by atoms with Crippen LogP contribution >= 0.6 is 0 Å². The summed E-state index contributed by atoms with van der Waals surface area (Å²) >= 11 is 0. The van der Waals surface area contributed by atoms with Crippen LogP contribution in [0.4, 0.5) is 0 Å². The van der Waals surface area contributed by atoms with Gasteiger partial charge in [0.25, 0.3) is 0 Å². The van der Waals surface area contributed by atoms with Crippen LogP contribution in [0.25, 0.3) is 0 Å². The molecule has 0 amide bonds. The van der Waals surface area contributed by atoms with Crippen molar-refractivity contribution in [3.63, 3.8) is 0 Å². The number of Topliss-reactive ketones (excluding diaryl/α,β-unsaturated/α-hetero) is 1. The molecular formula is C17H24O2. The van der Waals surface area contributed by atoms with Gasteiger partial charge >= 0.3 is 0 Å². The van der Waals surface area contributed by atoms with Crippen molar-refractivity contribution < 1.29 is 9.53 Å². The summed E-state index contributed by atoms with van der Waals surface area (Å²) in [5.74, 6) is 2.38. The molecule has 0 N–H and O–H groups in total. The Morgan fingerprint density at radius 2 is 2.05 bits per heavy atom. The predicted molar refractivity (Wildman–Crippen MR) is 77.3 cm³/mol. The van der Waals surface area contributed by atoms with E-state index in [2.05, 4.69) is 6.92 Å². The first-order valence-corrected chi connectivity index (χ1v) is 7.46. The fraction of sp³-hybridized carbons (Fsp3) is 0.588. The lowest BCUT2D eigenvalue weighted by atomic mass is 9.79. The zero-order valence-corrected chi connectivity index (χ0v) is 11.8. The summed E-state index contributed by atoms with van der Waals surface area (Å²) in [5.41, 5.74) is 0. The highest BCUT2D eigenvalue weighted by molar-refractivity contribution is 5.81. The van der Waals surface area contributed by atoms with Crippen LogP contribution in [0.5, 0.6) is 5.75 Å². The molecule has 1 aromatic rings. The lowest BCUT2D eigenvalue weighted by Gasteiger charge is -2.25. The average Bonchev–Trinajstić information content (AvgIpc) is 2.44. The second kappa shape index (κ2) is 7.32. The van der Waals surface area contributed by atoms with Gasteiger partial charge in [0, 0.05) is 12.3 Å². The van der Waals surface area contributed by atoms with Gasteiger partial charge in [-0.2, -0.15) is 0 Å². The Labute approximate surface area is 116 Å². The maximum atomic E-state index is 12.1. The molecule has 1 aromatic carbocycles. The molecule has 0 spiro atoms. The van der Waals surface area contributed by atoms with Gasteiger partial charge in [0.2, 0.25) is 0 Å². The van der Waals surface area contributed by atoms with E-state index in [1.165, 1.54) is 12.8 Å². The standard InChI is InChI=1S/C17H24O2/c1-14-7-5-8-15(13-14)17(18)11-6-12-19-16-9-3-2-4-10-16/h2-4,9-10,14-15H,5-8,11-13H2,1H3. The quantitative estimate of drug-likeness (QED) is 0.715. The van der Waals surface area contributed by atoms with Crippen LogP contribution in [0.15, 0.2) is 30.3 Å². The molecule has 2 atom stereocenters. The number of para-hydroxylation sites is 1. The Bertz CT molecular complexity index is 386. The van der Waals surface area contributed by atoms with Crippen molar-refractivity contribution in [2.45, 2.75) is 45.4 Å². The monoisotopic (exact) mass is 260 g/mol. The molecule has 0 bridgehead atoms. The Hall–Kier alpha value is -1.31. The van der Waals surface area contributed by atoms with E-state index in [9.17, 15) is 4.79 Å². The lowest BCUT2D eigenvalue weighted by molar-refractivity contribution is -0.124. The molecule has 0 saturated heterocycles. The normalized spacial score (nSPS) is 23.0. The van der Waals surface area contributed by atoms with E-state index in [4.69, 9.17) is 4.74 Å². The highest BCUT2D eigenvalue weighted by Crippen LogP contribution is 2.30. The van der Waals surface area contributed by atoms with Crippen molar-refractivity contribution >= 4 is 5.78 Å². The Morgan fingerprint density at radius 3 is 2.79 bits per heavy atom. The van der Waals surface area contributed by atoms with E-state index in [1.54, 1.807) is 0 Å². The summed E-state index contributed by atoms with van der Waals surface area (Å²) in [7, 11) is 0. The van der Waals surface area contributed by atoms with Crippen molar-refractivity contribution in [2.24, 2.45) is 11.8 Å². The van der Waals surface area contributed by atoms with Crippen LogP contribution in [0.1, 0.15) is 45.4 Å².